The van der Waals surface area contributed by atoms with E-state index in [1.807, 2.05) is 29.0 Å². The maximum atomic E-state index is 11.9. The van der Waals surface area contributed by atoms with Crippen molar-refractivity contribution in [3.05, 3.63) is 17.5 Å². The maximum Gasteiger partial charge on any atom is 0.413 e. The van der Waals surface area contributed by atoms with E-state index in [4.69, 9.17) is 0 Å². The van der Waals surface area contributed by atoms with Crippen molar-refractivity contribution in [3.8, 4) is 10.7 Å². The third kappa shape index (κ3) is 3.66. The second-order valence-corrected chi connectivity index (χ2v) is 6.52. The van der Waals surface area contributed by atoms with Gasteiger partial charge in [-0.05, 0) is 25.3 Å². The van der Waals surface area contributed by atoms with Gasteiger partial charge in [0.1, 0.15) is 0 Å². The lowest BCUT2D eigenvalue weighted by molar-refractivity contribution is -0.119. The molecule has 0 aliphatic heterocycles. The average molecular weight is 340 g/mol. The van der Waals surface area contributed by atoms with Gasteiger partial charge in [-0.2, -0.15) is 0 Å². The van der Waals surface area contributed by atoms with Crippen LogP contribution in [-0.4, -0.2) is 39.1 Å². The molecule has 0 spiro atoms. The number of methoxy groups -OCH3 is 1. The second kappa shape index (κ2) is 7.41. The lowest BCUT2D eigenvalue weighted by Gasteiger charge is -2.11. The molecule has 0 fully saturated rings. The smallest absolute Gasteiger partial charge is 0.413 e. The highest BCUT2D eigenvalue weighted by Crippen LogP contribution is 2.28. The molecule has 0 unspecified atom stereocenters. The van der Waals surface area contributed by atoms with Crippen LogP contribution in [0.5, 0.6) is 0 Å². The van der Waals surface area contributed by atoms with Crippen LogP contribution in [0, 0.1) is 0 Å². The van der Waals surface area contributed by atoms with Crippen LogP contribution in [0.1, 0.15) is 13.8 Å². The van der Waals surface area contributed by atoms with Crippen LogP contribution in [0.2, 0.25) is 0 Å². The van der Waals surface area contributed by atoms with E-state index in [0.29, 0.717) is 11.7 Å². The number of carbonyl (C=O) groups excluding carboxylic acids is 2. The summed E-state index contributed by atoms with van der Waals surface area (Å²) in [6, 6.07) is 3.93. The van der Waals surface area contributed by atoms with Gasteiger partial charge in [-0.25, -0.2) is 4.79 Å². The van der Waals surface area contributed by atoms with Crippen LogP contribution in [-0.2, 0) is 16.1 Å². The zero-order chi connectivity index (χ0) is 16.1. The zero-order valence-electron chi connectivity index (χ0n) is 12.4. The molecule has 1 N–H and O–H groups in total. The Balaban J connectivity index is 2.13. The number of hydrogen-bond acceptors (Lipinski definition) is 7. The van der Waals surface area contributed by atoms with Crippen molar-refractivity contribution in [2.45, 2.75) is 30.8 Å². The van der Waals surface area contributed by atoms with Gasteiger partial charge in [0.05, 0.1) is 17.2 Å². The topological polar surface area (TPSA) is 86.1 Å². The highest BCUT2D eigenvalue weighted by molar-refractivity contribution is 8.00. The third-order valence-corrected chi connectivity index (χ3v) is 4.78. The van der Waals surface area contributed by atoms with Gasteiger partial charge < -0.3 is 9.30 Å². The minimum atomic E-state index is -0.770. The molecule has 7 nitrogen and oxygen atoms in total. The highest BCUT2D eigenvalue weighted by atomic mass is 32.2. The van der Waals surface area contributed by atoms with Crippen molar-refractivity contribution in [2.24, 2.45) is 0 Å². The van der Waals surface area contributed by atoms with Gasteiger partial charge >= 0.3 is 6.09 Å². The Morgan fingerprint density at radius 1 is 1.50 bits per heavy atom. The molecule has 9 heteroatoms. The highest BCUT2D eigenvalue weighted by Gasteiger charge is 2.22. The Morgan fingerprint density at radius 3 is 2.86 bits per heavy atom. The van der Waals surface area contributed by atoms with E-state index in [9.17, 15) is 9.59 Å². The number of ether oxygens (including phenoxy) is 1. The minimum Gasteiger partial charge on any atom is -0.453 e. The number of nitrogens with one attached hydrogen (secondary N) is 1. The monoisotopic (exact) mass is 340 g/mol. The molecule has 118 valence electrons. The molecule has 2 aromatic rings. The minimum absolute atomic E-state index is 0.430. The lowest BCUT2D eigenvalue weighted by Crippen LogP contribution is -2.36. The number of hydrogen-bond donors (Lipinski definition) is 1. The van der Waals surface area contributed by atoms with Gasteiger partial charge in [-0.3, -0.25) is 10.1 Å². The van der Waals surface area contributed by atoms with Crippen molar-refractivity contribution < 1.29 is 14.3 Å². The summed E-state index contributed by atoms with van der Waals surface area (Å²) < 4.78 is 6.35. The summed E-state index contributed by atoms with van der Waals surface area (Å²) in [7, 11) is 1.21. The van der Waals surface area contributed by atoms with Crippen LogP contribution >= 0.6 is 23.1 Å². The Kier molecular flexibility index (Phi) is 5.56. The van der Waals surface area contributed by atoms with E-state index in [1.165, 1.54) is 18.9 Å². The first-order valence-corrected chi connectivity index (χ1v) is 8.35. The third-order valence-electron chi connectivity index (χ3n) is 2.84. The molecule has 0 aliphatic rings. The molecule has 22 heavy (non-hydrogen) atoms. The number of nitrogens with zero attached hydrogens (tertiary/aromatic N) is 3. The maximum absolute atomic E-state index is 11.9. The molecule has 2 rings (SSSR count). The van der Waals surface area contributed by atoms with E-state index in [0.717, 1.165) is 10.7 Å². The summed E-state index contributed by atoms with van der Waals surface area (Å²) >= 11 is 2.83. The molecule has 0 saturated carbocycles. The number of alkyl carbamates (subject to hydrolysis) is 1. The lowest BCUT2D eigenvalue weighted by atomic mass is 10.4. The molecule has 0 radical (unpaired) electrons. The van der Waals surface area contributed by atoms with Crippen LogP contribution in [0.4, 0.5) is 4.79 Å². The molecule has 1 atom stereocenters. The molecule has 2 heterocycles. The van der Waals surface area contributed by atoms with Gasteiger partial charge in [-0.15, -0.1) is 21.5 Å². The first-order chi connectivity index (χ1) is 10.6. The Hall–Kier alpha value is -1.87. The molecule has 2 amide bonds. The van der Waals surface area contributed by atoms with Crippen molar-refractivity contribution >= 4 is 35.1 Å². The number of thioether (sulfide) groups is 1. The van der Waals surface area contributed by atoms with Gasteiger partial charge in [-0.1, -0.05) is 17.8 Å². The number of imide groups is 1. The molecule has 0 aliphatic carbocycles. The van der Waals surface area contributed by atoms with Gasteiger partial charge in [0, 0.05) is 6.54 Å². The van der Waals surface area contributed by atoms with Crippen molar-refractivity contribution in [2.75, 3.05) is 7.11 Å². The Morgan fingerprint density at radius 2 is 2.27 bits per heavy atom. The summed E-state index contributed by atoms with van der Waals surface area (Å²) in [4.78, 5) is 24.0. The van der Waals surface area contributed by atoms with Gasteiger partial charge in [0.15, 0.2) is 11.0 Å². The fourth-order valence-electron chi connectivity index (χ4n) is 1.71. The van der Waals surface area contributed by atoms with Gasteiger partial charge in [0.25, 0.3) is 0 Å². The number of rotatable bonds is 5. The molecule has 0 bridgehead atoms. The number of aromatic nitrogens is 3. The first-order valence-electron chi connectivity index (χ1n) is 6.59. The summed E-state index contributed by atoms with van der Waals surface area (Å²) in [5.41, 5.74) is 0. The summed E-state index contributed by atoms with van der Waals surface area (Å²) in [5.74, 6) is 0.348. The fraction of sp³-hybridized carbons (Fsp3) is 0.385. The molecular formula is C13H16N4O3S2. The molecule has 0 aromatic carbocycles. The van der Waals surface area contributed by atoms with E-state index < -0.39 is 17.3 Å². The zero-order valence-corrected chi connectivity index (χ0v) is 14.0. The number of carbonyl (C=O) groups is 2. The normalized spacial score (nSPS) is 12.0. The molecule has 2 aromatic heterocycles. The summed E-state index contributed by atoms with van der Waals surface area (Å²) in [6.45, 7) is 4.38. The number of amides is 2. The Bertz CT molecular complexity index is 654. The van der Waals surface area contributed by atoms with E-state index in [1.54, 1.807) is 18.3 Å². The van der Waals surface area contributed by atoms with Crippen LogP contribution in [0.15, 0.2) is 22.7 Å². The van der Waals surface area contributed by atoms with E-state index in [2.05, 4.69) is 20.3 Å². The number of thiophene rings is 1. The predicted octanol–water partition coefficient (Wildman–Crippen LogP) is 2.39. The van der Waals surface area contributed by atoms with Crippen molar-refractivity contribution in [1.29, 1.82) is 0 Å². The quantitative estimate of drug-likeness (QED) is 0.841. The second-order valence-electron chi connectivity index (χ2n) is 4.27. The van der Waals surface area contributed by atoms with Crippen molar-refractivity contribution in [1.82, 2.24) is 20.1 Å². The fourth-order valence-corrected chi connectivity index (χ4v) is 3.34. The summed E-state index contributed by atoms with van der Waals surface area (Å²) in [6.07, 6.45) is -0.770. The summed E-state index contributed by atoms with van der Waals surface area (Å²) in [5, 5.41) is 12.6. The van der Waals surface area contributed by atoms with E-state index in [-0.39, 0.29) is 0 Å². The van der Waals surface area contributed by atoms with Crippen molar-refractivity contribution in [3.63, 3.8) is 0 Å². The largest absolute Gasteiger partial charge is 0.453 e. The van der Waals surface area contributed by atoms with E-state index >= 15 is 0 Å². The Labute approximate surface area is 136 Å². The molecule has 0 saturated heterocycles. The average Bonchev–Trinajstić information content (AvgIpc) is 3.15. The predicted molar refractivity (Wildman–Crippen MR) is 84.9 cm³/mol. The van der Waals surface area contributed by atoms with Crippen LogP contribution in [0.3, 0.4) is 0 Å². The first kappa shape index (κ1) is 16.5. The van der Waals surface area contributed by atoms with Gasteiger partial charge in [0.2, 0.25) is 5.91 Å². The van der Waals surface area contributed by atoms with Crippen LogP contribution in [0.25, 0.3) is 10.7 Å². The molecular weight excluding hydrogens is 324 g/mol. The standard InChI is InChI=1S/C13H16N4O3S2/c1-4-17-10(9-6-5-7-21-9)15-16-12(17)22-8(2)11(18)14-13(19)20-3/h5-8H,4H2,1-3H3,(H,14,18,19)/t8-/m0/s1. The SMILES string of the molecule is CCn1c(S[C@@H](C)C(=O)NC(=O)OC)nnc1-c1cccs1. The van der Waals surface area contributed by atoms with Crippen LogP contribution < -0.4 is 5.32 Å².